The molecule has 1 heterocycles. The predicted octanol–water partition coefficient (Wildman–Crippen LogP) is 3.60. The number of halogens is 3. The molecule has 2 aromatic carbocycles. The van der Waals surface area contributed by atoms with Crippen LogP contribution in [0.5, 0.6) is 0 Å². The van der Waals surface area contributed by atoms with Crippen LogP contribution in [0.25, 0.3) is 10.6 Å². The molecule has 2 amide bonds. The molecule has 2 N–H and O–H groups in total. The van der Waals surface area contributed by atoms with Crippen molar-refractivity contribution in [2.75, 3.05) is 11.9 Å². The summed E-state index contributed by atoms with van der Waals surface area (Å²) in [6.45, 7) is -0.476. The van der Waals surface area contributed by atoms with Crippen LogP contribution in [-0.2, 0) is 4.79 Å². The van der Waals surface area contributed by atoms with Crippen LogP contribution in [0, 0.1) is 17.5 Å². The lowest BCUT2D eigenvalue weighted by atomic mass is 10.2. The Labute approximate surface area is 155 Å². The number of amides is 2. The smallest absolute Gasteiger partial charge is 0.263 e. The number of aromatic nitrogens is 1. The summed E-state index contributed by atoms with van der Waals surface area (Å²) in [5, 5.41) is 5.07. The third-order valence-electron chi connectivity index (χ3n) is 3.47. The number of rotatable bonds is 5. The molecular formula is C18H12F3N3O2S. The number of nitrogens with one attached hydrogen (secondary N) is 2. The zero-order valence-corrected chi connectivity index (χ0v) is 14.4. The van der Waals surface area contributed by atoms with E-state index < -0.39 is 41.5 Å². The van der Waals surface area contributed by atoms with E-state index in [9.17, 15) is 22.8 Å². The van der Waals surface area contributed by atoms with Gasteiger partial charge in [-0.2, -0.15) is 0 Å². The number of carbonyl (C=O) groups is 2. The number of hydrogen-bond acceptors (Lipinski definition) is 4. The van der Waals surface area contributed by atoms with Crippen molar-refractivity contribution in [3.8, 4) is 10.6 Å². The molecule has 0 unspecified atom stereocenters. The van der Waals surface area contributed by atoms with Gasteiger partial charge in [-0.15, -0.1) is 11.3 Å². The molecule has 0 atom stereocenters. The number of carbonyl (C=O) groups excluding carboxylic acids is 2. The van der Waals surface area contributed by atoms with Crippen LogP contribution in [0.1, 0.15) is 9.67 Å². The Hall–Kier alpha value is -3.20. The van der Waals surface area contributed by atoms with E-state index in [0.717, 1.165) is 23.0 Å². The molecule has 138 valence electrons. The second-order valence-corrected chi connectivity index (χ2v) is 6.38. The molecule has 0 fully saturated rings. The van der Waals surface area contributed by atoms with Crippen molar-refractivity contribution in [1.82, 2.24) is 10.3 Å². The number of hydrogen-bond donors (Lipinski definition) is 2. The Morgan fingerprint density at radius 2 is 1.74 bits per heavy atom. The average molecular weight is 391 g/mol. The highest BCUT2D eigenvalue weighted by atomic mass is 32.1. The minimum atomic E-state index is -1.69. The minimum Gasteiger partial charge on any atom is -0.342 e. The zero-order chi connectivity index (χ0) is 19.4. The van der Waals surface area contributed by atoms with Crippen molar-refractivity contribution in [3.63, 3.8) is 0 Å². The molecule has 9 heteroatoms. The Morgan fingerprint density at radius 1 is 1.00 bits per heavy atom. The lowest BCUT2D eigenvalue weighted by Gasteiger charge is -2.08. The maximum absolute atomic E-state index is 13.5. The summed E-state index contributed by atoms with van der Waals surface area (Å²) in [6, 6.07) is 10.8. The highest BCUT2D eigenvalue weighted by Gasteiger charge is 2.16. The fourth-order valence-electron chi connectivity index (χ4n) is 2.16. The van der Waals surface area contributed by atoms with Crippen molar-refractivity contribution in [3.05, 3.63) is 71.0 Å². The Kier molecular flexibility index (Phi) is 5.51. The molecule has 3 aromatic rings. The van der Waals surface area contributed by atoms with Gasteiger partial charge >= 0.3 is 0 Å². The van der Waals surface area contributed by atoms with Crippen molar-refractivity contribution >= 4 is 28.8 Å². The topological polar surface area (TPSA) is 71.1 Å². The second kappa shape index (κ2) is 8.00. The van der Waals surface area contributed by atoms with Gasteiger partial charge in [0, 0.05) is 5.56 Å². The minimum absolute atomic E-state index is 0.292. The monoisotopic (exact) mass is 391 g/mol. The summed E-state index contributed by atoms with van der Waals surface area (Å²) in [7, 11) is 0. The van der Waals surface area contributed by atoms with E-state index in [1.54, 1.807) is 0 Å². The SMILES string of the molecule is O=C(CNC(=O)c1cnc(-c2ccccc2)s1)Nc1ccc(F)c(F)c1F. The predicted molar refractivity (Wildman–Crippen MR) is 94.8 cm³/mol. The molecular weight excluding hydrogens is 379 g/mol. The van der Waals surface area contributed by atoms with Gasteiger partial charge in [-0.3, -0.25) is 9.59 Å². The second-order valence-electron chi connectivity index (χ2n) is 5.35. The molecule has 3 rings (SSSR count). The number of nitrogens with zero attached hydrogens (tertiary/aromatic N) is 1. The summed E-state index contributed by atoms with van der Waals surface area (Å²) in [4.78, 5) is 28.4. The summed E-state index contributed by atoms with van der Waals surface area (Å²) >= 11 is 1.15. The van der Waals surface area contributed by atoms with Crippen LogP contribution in [0.3, 0.4) is 0 Å². The number of thiazole rings is 1. The van der Waals surface area contributed by atoms with Crippen molar-refractivity contribution < 1.29 is 22.8 Å². The van der Waals surface area contributed by atoms with Crippen LogP contribution in [0.4, 0.5) is 18.9 Å². The molecule has 5 nitrogen and oxygen atoms in total. The quantitative estimate of drug-likeness (QED) is 0.653. The maximum Gasteiger partial charge on any atom is 0.263 e. The fourth-order valence-corrected chi connectivity index (χ4v) is 3.00. The van der Waals surface area contributed by atoms with E-state index in [-0.39, 0.29) is 0 Å². The van der Waals surface area contributed by atoms with Crippen LogP contribution >= 0.6 is 11.3 Å². The first kappa shape index (κ1) is 18.6. The summed E-state index contributed by atoms with van der Waals surface area (Å²) in [5.74, 6) is -5.88. The molecule has 27 heavy (non-hydrogen) atoms. The van der Waals surface area contributed by atoms with Gasteiger partial charge in [-0.05, 0) is 12.1 Å². The summed E-state index contributed by atoms with van der Waals surface area (Å²) < 4.78 is 39.5. The van der Waals surface area contributed by atoms with E-state index >= 15 is 0 Å². The van der Waals surface area contributed by atoms with E-state index in [1.165, 1.54) is 6.20 Å². The van der Waals surface area contributed by atoms with Gasteiger partial charge in [-0.25, -0.2) is 18.2 Å². The first-order valence-electron chi connectivity index (χ1n) is 7.68. The van der Waals surface area contributed by atoms with Crippen LogP contribution < -0.4 is 10.6 Å². The van der Waals surface area contributed by atoms with Crippen molar-refractivity contribution in [2.24, 2.45) is 0 Å². The van der Waals surface area contributed by atoms with Gasteiger partial charge in [0.1, 0.15) is 9.88 Å². The molecule has 0 bridgehead atoms. The third-order valence-corrected chi connectivity index (χ3v) is 4.51. The lowest BCUT2D eigenvalue weighted by Crippen LogP contribution is -2.32. The first-order valence-corrected chi connectivity index (χ1v) is 8.50. The highest BCUT2D eigenvalue weighted by molar-refractivity contribution is 7.16. The van der Waals surface area contributed by atoms with Gasteiger partial charge in [0.15, 0.2) is 17.5 Å². The fraction of sp³-hybridized carbons (Fsp3) is 0.0556. The Balaban J connectivity index is 1.59. The molecule has 0 saturated heterocycles. The lowest BCUT2D eigenvalue weighted by molar-refractivity contribution is -0.115. The molecule has 0 saturated carbocycles. The molecule has 0 radical (unpaired) electrons. The molecule has 0 spiro atoms. The number of anilines is 1. The molecule has 1 aromatic heterocycles. The van der Waals surface area contributed by atoms with Gasteiger partial charge in [0.25, 0.3) is 5.91 Å². The van der Waals surface area contributed by atoms with Crippen molar-refractivity contribution in [2.45, 2.75) is 0 Å². The number of benzene rings is 2. The van der Waals surface area contributed by atoms with E-state index in [1.807, 2.05) is 30.3 Å². The first-order chi connectivity index (χ1) is 13.0. The Morgan fingerprint density at radius 3 is 2.48 bits per heavy atom. The highest BCUT2D eigenvalue weighted by Crippen LogP contribution is 2.24. The molecule has 0 aliphatic rings. The van der Waals surface area contributed by atoms with E-state index in [0.29, 0.717) is 16.0 Å². The average Bonchev–Trinajstić information content (AvgIpc) is 3.18. The summed E-state index contributed by atoms with van der Waals surface area (Å²) in [5.41, 5.74) is 0.338. The van der Waals surface area contributed by atoms with Crippen LogP contribution in [0.15, 0.2) is 48.7 Å². The Bertz CT molecular complexity index is 993. The van der Waals surface area contributed by atoms with Gasteiger partial charge in [0.2, 0.25) is 5.91 Å². The zero-order valence-electron chi connectivity index (χ0n) is 13.6. The standard InChI is InChI=1S/C18H12F3N3O2S/c19-11-6-7-12(16(21)15(11)20)24-14(25)9-22-17(26)13-8-23-18(27-13)10-4-2-1-3-5-10/h1-8H,9H2,(H,22,26)(H,24,25). The largest absolute Gasteiger partial charge is 0.342 e. The summed E-state index contributed by atoms with van der Waals surface area (Å²) in [6.07, 6.45) is 1.38. The maximum atomic E-state index is 13.5. The molecule has 0 aliphatic heterocycles. The van der Waals surface area contributed by atoms with Crippen LogP contribution in [0.2, 0.25) is 0 Å². The third kappa shape index (κ3) is 4.32. The van der Waals surface area contributed by atoms with Gasteiger partial charge < -0.3 is 10.6 Å². The van der Waals surface area contributed by atoms with Crippen LogP contribution in [-0.4, -0.2) is 23.3 Å². The van der Waals surface area contributed by atoms with E-state index in [4.69, 9.17) is 0 Å². The van der Waals surface area contributed by atoms with Crippen molar-refractivity contribution in [1.29, 1.82) is 0 Å². The normalized spacial score (nSPS) is 10.5. The van der Waals surface area contributed by atoms with Gasteiger partial charge in [-0.1, -0.05) is 30.3 Å². The van der Waals surface area contributed by atoms with E-state index in [2.05, 4.69) is 15.6 Å². The van der Waals surface area contributed by atoms with Gasteiger partial charge in [0.05, 0.1) is 18.4 Å². The molecule has 0 aliphatic carbocycles.